The summed E-state index contributed by atoms with van der Waals surface area (Å²) in [6.45, 7) is 5.91. The lowest BCUT2D eigenvalue weighted by Gasteiger charge is -2.36. The summed E-state index contributed by atoms with van der Waals surface area (Å²) in [7, 11) is 1.55. The molecule has 0 aromatic heterocycles. The average molecular weight is 399 g/mol. The van der Waals surface area contributed by atoms with Crippen molar-refractivity contribution in [1.29, 1.82) is 5.26 Å². The molecule has 0 N–H and O–H groups in total. The van der Waals surface area contributed by atoms with E-state index in [4.69, 9.17) is 14.2 Å². The van der Waals surface area contributed by atoms with Crippen molar-refractivity contribution in [1.82, 2.24) is 0 Å². The van der Waals surface area contributed by atoms with Gasteiger partial charge in [0.1, 0.15) is 23.5 Å². The number of hydrogen-bond donors (Lipinski definition) is 0. The molecule has 1 aliphatic rings. The molecule has 1 saturated carbocycles. The number of rotatable bonds is 7. The first kappa shape index (κ1) is 22.5. The SMILES string of the molecule is COc1ccc(/C=C(\C#N)C(=O)OCC(=O)O[C@@H]2C[C@H](C)CC[C@@H]2C(C)C)cc1. The number of ether oxygens (including phenoxy) is 3. The fraction of sp³-hybridized carbons (Fsp3) is 0.522. The molecule has 6 heteroatoms. The van der Waals surface area contributed by atoms with Crippen molar-refractivity contribution < 1.29 is 23.8 Å². The van der Waals surface area contributed by atoms with Crippen LogP contribution >= 0.6 is 0 Å². The highest BCUT2D eigenvalue weighted by atomic mass is 16.6. The summed E-state index contributed by atoms with van der Waals surface area (Å²) in [4.78, 5) is 24.4. The Morgan fingerprint density at radius 3 is 2.52 bits per heavy atom. The zero-order chi connectivity index (χ0) is 21.4. The Labute approximate surface area is 172 Å². The zero-order valence-electron chi connectivity index (χ0n) is 17.5. The molecule has 1 fully saturated rings. The summed E-state index contributed by atoms with van der Waals surface area (Å²) in [6.07, 6.45) is 4.23. The Morgan fingerprint density at radius 2 is 1.93 bits per heavy atom. The van der Waals surface area contributed by atoms with E-state index >= 15 is 0 Å². The molecule has 2 rings (SSSR count). The third-order valence-corrected chi connectivity index (χ3v) is 5.33. The molecule has 0 saturated heterocycles. The molecule has 0 bridgehead atoms. The highest BCUT2D eigenvalue weighted by molar-refractivity contribution is 5.98. The van der Waals surface area contributed by atoms with Crippen LogP contribution in [0.5, 0.6) is 5.75 Å². The normalized spacial score (nSPS) is 21.9. The Balaban J connectivity index is 1.92. The van der Waals surface area contributed by atoms with Crippen LogP contribution < -0.4 is 4.74 Å². The fourth-order valence-corrected chi connectivity index (χ4v) is 3.66. The van der Waals surface area contributed by atoms with Gasteiger partial charge in [-0.1, -0.05) is 39.3 Å². The van der Waals surface area contributed by atoms with Gasteiger partial charge in [-0.2, -0.15) is 5.26 Å². The number of nitriles is 1. The van der Waals surface area contributed by atoms with E-state index in [0.717, 1.165) is 19.3 Å². The molecular formula is C23H29NO5. The highest BCUT2D eigenvalue weighted by Crippen LogP contribution is 2.35. The van der Waals surface area contributed by atoms with Gasteiger partial charge in [-0.25, -0.2) is 9.59 Å². The standard InChI is InChI=1S/C23H29NO5/c1-15(2)20-10-5-16(3)11-21(20)29-22(25)14-28-23(26)18(13-24)12-17-6-8-19(27-4)9-7-17/h6-9,12,15-16,20-21H,5,10-11,14H2,1-4H3/b18-12+/t16-,20-,21-/m1/s1. The summed E-state index contributed by atoms with van der Waals surface area (Å²) in [5, 5.41) is 9.25. The van der Waals surface area contributed by atoms with Crippen LogP contribution in [0.25, 0.3) is 6.08 Å². The summed E-state index contributed by atoms with van der Waals surface area (Å²) in [6, 6.07) is 8.69. The fourth-order valence-electron chi connectivity index (χ4n) is 3.66. The number of carbonyl (C=O) groups is 2. The maximum atomic E-state index is 12.2. The minimum atomic E-state index is -0.849. The first-order chi connectivity index (χ1) is 13.8. The van der Waals surface area contributed by atoms with Gasteiger partial charge in [-0.05, 0) is 54.4 Å². The average Bonchev–Trinajstić information content (AvgIpc) is 2.70. The molecule has 1 aromatic rings. The molecule has 3 atom stereocenters. The molecule has 0 radical (unpaired) electrons. The lowest BCUT2D eigenvalue weighted by atomic mass is 9.75. The Bertz CT molecular complexity index is 775. The number of hydrogen-bond acceptors (Lipinski definition) is 6. The van der Waals surface area contributed by atoms with Crippen LogP contribution in [0.4, 0.5) is 0 Å². The molecule has 0 amide bonds. The molecule has 156 valence electrons. The first-order valence-electron chi connectivity index (χ1n) is 9.96. The van der Waals surface area contributed by atoms with Crippen LogP contribution in [0.3, 0.4) is 0 Å². The summed E-state index contributed by atoms with van der Waals surface area (Å²) in [5.41, 5.74) is 0.465. The molecule has 0 aliphatic heterocycles. The minimum Gasteiger partial charge on any atom is -0.497 e. The smallest absolute Gasteiger partial charge is 0.349 e. The van der Waals surface area contributed by atoms with Gasteiger partial charge in [-0.3, -0.25) is 0 Å². The van der Waals surface area contributed by atoms with E-state index in [-0.39, 0.29) is 11.7 Å². The maximum absolute atomic E-state index is 12.2. The highest BCUT2D eigenvalue weighted by Gasteiger charge is 2.33. The number of esters is 2. The number of benzene rings is 1. The molecule has 0 unspecified atom stereocenters. The van der Waals surface area contributed by atoms with Gasteiger partial charge in [-0.15, -0.1) is 0 Å². The monoisotopic (exact) mass is 399 g/mol. The quantitative estimate of drug-likeness (QED) is 0.389. The van der Waals surface area contributed by atoms with E-state index < -0.39 is 18.5 Å². The van der Waals surface area contributed by atoms with Crippen molar-refractivity contribution in [3.63, 3.8) is 0 Å². The lowest BCUT2D eigenvalue weighted by molar-refractivity contribution is -0.165. The predicted molar refractivity (Wildman–Crippen MR) is 109 cm³/mol. The van der Waals surface area contributed by atoms with Gasteiger partial charge in [0.2, 0.25) is 0 Å². The van der Waals surface area contributed by atoms with Crippen molar-refractivity contribution in [3.05, 3.63) is 35.4 Å². The van der Waals surface area contributed by atoms with Gasteiger partial charge < -0.3 is 14.2 Å². The Hall–Kier alpha value is -2.81. The van der Waals surface area contributed by atoms with E-state index in [1.54, 1.807) is 31.4 Å². The van der Waals surface area contributed by atoms with Gasteiger partial charge >= 0.3 is 11.9 Å². The van der Waals surface area contributed by atoms with Crippen LogP contribution in [0, 0.1) is 29.1 Å². The van der Waals surface area contributed by atoms with E-state index in [9.17, 15) is 14.9 Å². The predicted octanol–water partition coefficient (Wildman–Crippen LogP) is 4.15. The largest absolute Gasteiger partial charge is 0.497 e. The topological polar surface area (TPSA) is 85.6 Å². The van der Waals surface area contributed by atoms with Gasteiger partial charge in [0.15, 0.2) is 6.61 Å². The molecule has 0 spiro atoms. The van der Waals surface area contributed by atoms with Crippen molar-refractivity contribution in [2.45, 2.75) is 46.1 Å². The van der Waals surface area contributed by atoms with Crippen LogP contribution in [-0.2, 0) is 19.1 Å². The summed E-state index contributed by atoms with van der Waals surface area (Å²) >= 11 is 0. The second-order valence-electron chi connectivity index (χ2n) is 7.87. The first-order valence-corrected chi connectivity index (χ1v) is 9.96. The van der Waals surface area contributed by atoms with Crippen molar-refractivity contribution in [2.75, 3.05) is 13.7 Å². The van der Waals surface area contributed by atoms with E-state index in [0.29, 0.717) is 29.1 Å². The van der Waals surface area contributed by atoms with E-state index in [1.165, 1.54) is 6.08 Å². The molecule has 6 nitrogen and oxygen atoms in total. The molecule has 1 aromatic carbocycles. The number of nitrogens with zero attached hydrogens (tertiary/aromatic N) is 1. The Kier molecular flexibility index (Phi) is 8.26. The maximum Gasteiger partial charge on any atom is 0.349 e. The molecular weight excluding hydrogens is 370 g/mol. The van der Waals surface area contributed by atoms with Gasteiger partial charge in [0.25, 0.3) is 0 Å². The lowest BCUT2D eigenvalue weighted by Crippen LogP contribution is -2.36. The van der Waals surface area contributed by atoms with Gasteiger partial charge in [0, 0.05) is 0 Å². The number of methoxy groups -OCH3 is 1. The third-order valence-electron chi connectivity index (χ3n) is 5.33. The zero-order valence-corrected chi connectivity index (χ0v) is 17.5. The molecule has 0 heterocycles. The minimum absolute atomic E-state index is 0.157. The van der Waals surface area contributed by atoms with Crippen molar-refractivity contribution in [2.24, 2.45) is 17.8 Å². The second-order valence-corrected chi connectivity index (χ2v) is 7.87. The van der Waals surface area contributed by atoms with Crippen LogP contribution in [0.1, 0.15) is 45.6 Å². The third kappa shape index (κ3) is 6.63. The van der Waals surface area contributed by atoms with Crippen molar-refractivity contribution in [3.8, 4) is 11.8 Å². The van der Waals surface area contributed by atoms with Gasteiger partial charge in [0.05, 0.1) is 7.11 Å². The molecule has 1 aliphatic carbocycles. The number of carbonyl (C=O) groups excluding carboxylic acids is 2. The summed E-state index contributed by atoms with van der Waals surface area (Å²) < 4.78 is 15.7. The molecule has 29 heavy (non-hydrogen) atoms. The Morgan fingerprint density at radius 1 is 1.24 bits per heavy atom. The van der Waals surface area contributed by atoms with Crippen LogP contribution in [0.15, 0.2) is 29.8 Å². The second kappa shape index (κ2) is 10.7. The van der Waals surface area contributed by atoms with Crippen molar-refractivity contribution >= 4 is 18.0 Å². The summed E-state index contributed by atoms with van der Waals surface area (Å²) in [5.74, 6) is 0.476. The van der Waals surface area contributed by atoms with Crippen LogP contribution in [0.2, 0.25) is 0 Å². The van der Waals surface area contributed by atoms with E-state index in [1.807, 2.05) is 6.07 Å². The van der Waals surface area contributed by atoms with Crippen LogP contribution in [-0.4, -0.2) is 31.8 Å². The van der Waals surface area contributed by atoms with E-state index in [2.05, 4.69) is 20.8 Å².